The van der Waals surface area contributed by atoms with Crippen LogP contribution in [0.15, 0.2) is 42.9 Å². The Labute approximate surface area is 151 Å². The molecule has 3 aromatic rings. The standard InChI is InChI=1S/C15H12ClFN6O3/c16-13-8-22(6-10-2-1-3-11(17)4-10)20-15(13)19-14(24)9-21-7-12(5-18-21)23(25)26/h1-5,7-8H,6,9H2,(H,19,20,24). The molecular formula is C15H12ClFN6O3. The summed E-state index contributed by atoms with van der Waals surface area (Å²) in [6.07, 6.45) is 3.69. The minimum Gasteiger partial charge on any atom is -0.306 e. The number of nitrogens with zero attached hydrogens (tertiary/aromatic N) is 5. The van der Waals surface area contributed by atoms with Crippen LogP contribution in [0.5, 0.6) is 0 Å². The van der Waals surface area contributed by atoms with E-state index in [9.17, 15) is 19.3 Å². The predicted octanol–water partition coefficient (Wildman–Crippen LogP) is 2.47. The Morgan fingerprint density at radius 3 is 2.85 bits per heavy atom. The Morgan fingerprint density at radius 1 is 1.35 bits per heavy atom. The van der Waals surface area contributed by atoms with Gasteiger partial charge in [0.25, 0.3) is 0 Å². The summed E-state index contributed by atoms with van der Waals surface area (Å²) in [4.78, 5) is 22.0. The molecule has 0 saturated heterocycles. The first-order chi connectivity index (χ1) is 12.4. The third kappa shape index (κ3) is 4.22. The minimum atomic E-state index is -0.605. The van der Waals surface area contributed by atoms with Crippen molar-refractivity contribution < 1.29 is 14.1 Å². The molecule has 0 aliphatic heterocycles. The zero-order valence-electron chi connectivity index (χ0n) is 13.2. The van der Waals surface area contributed by atoms with E-state index >= 15 is 0 Å². The van der Waals surface area contributed by atoms with Gasteiger partial charge in [-0.05, 0) is 17.7 Å². The van der Waals surface area contributed by atoms with Crippen LogP contribution in [0, 0.1) is 15.9 Å². The van der Waals surface area contributed by atoms with Gasteiger partial charge in [-0.15, -0.1) is 0 Å². The normalized spacial score (nSPS) is 10.7. The van der Waals surface area contributed by atoms with Crippen molar-refractivity contribution in [2.45, 2.75) is 13.1 Å². The SMILES string of the molecule is O=C(Cn1cc([N+](=O)[O-])cn1)Nc1nn(Cc2cccc(F)c2)cc1Cl. The van der Waals surface area contributed by atoms with Crippen molar-refractivity contribution >= 4 is 29.0 Å². The van der Waals surface area contributed by atoms with Crippen LogP contribution in [0.2, 0.25) is 5.02 Å². The number of amides is 1. The number of rotatable bonds is 6. The maximum atomic E-state index is 13.2. The Bertz CT molecular complexity index is 970. The monoisotopic (exact) mass is 378 g/mol. The molecule has 0 radical (unpaired) electrons. The molecule has 0 atom stereocenters. The van der Waals surface area contributed by atoms with E-state index < -0.39 is 10.8 Å². The van der Waals surface area contributed by atoms with Gasteiger partial charge in [0.05, 0.1) is 11.5 Å². The van der Waals surface area contributed by atoms with Crippen LogP contribution in [0.4, 0.5) is 15.9 Å². The first-order valence-electron chi connectivity index (χ1n) is 7.35. The fraction of sp³-hybridized carbons (Fsp3) is 0.133. The molecule has 26 heavy (non-hydrogen) atoms. The second-order valence-electron chi connectivity index (χ2n) is 5.35. The molecule has 11 heteroatoms. The highest BCUT2D eigenvalue weighted by Gasteiger charge is 2.14. The molecule has 1 N–H and O–H groups in total. The molecule has 0 saturated carbocycles. The molecule has 0 bridgehead atoms. The summed E-state index contributed by atoms with van der Waals surface area (Å²) in [5.41, 5.74) is 0.473. The quantitative estimate of drug-likeness (QED) is 0.523. The maximum Gasteiger partial charge on any atom is 0.307 e. The number of halogens is 2. The third-order valence-electron chi connectivity index (χ3n) is 3.34. The predicted molar refractivity (Wildman–Crippen MR) is 90.3 cm³/mol. The van der Waals surface area contributed by atoms with Gasteiger partial charge >= 0.3 is 5.69 Å². The summed E-state index contributed by atoms with van der Waals surface area (Å²) < 4.78 is 15.8. The number of anilines is 1. The molecule has 9 nitrogen and oxygen atoms in total. The molecule has 0 aliphatic rings. The zero-order chi connectivity index (χ0) is 18.7. The molecule has 3 rings (SSSR count). The molecule has 1 aromatic carbocycles. The van der Waals surface area contributed by atoms with Crippen LogP contribution in [0.25, 0.3) is 0 Å². The van der Waals surface area contributed by atoms with Gasteiger partial charge < -0.3 is 5.32 Å². The van der Waals surface area contributed by atoms with Crippen LogP contribution in [-0.4, -0.2) is 30.4 Å². The van der Waals surface area contributed by atoms with Crippen LogP contribution in [0.3, 0.4) is 0 Å². The summed E-state index contributed by atoms with van der Waals surface area (Å²) >= 11 is 6.05. The second kappa shape index (κ2) is 7.31. The fourth-order valence-electron chi connectivity index (χ4n) is 2.24. The van der Waals surface area contributed by atoms with E-state index in [-0.39, 0.29) is 35.4 Å². The summed E-state index contributed by atoms with van der Waals surface area (Å²) in [7, 11) is 0. The molecule has 2 aromatic heterocycles. The van der Waals surface area contributed by atoms with Gasteiger partial charge in [-0.25, -0.2) is 4.39 Å². The van der Waals surface area contributed by atoms with E-state index in [1.54, 1.807) is 12.1 Å². The van der Waals surface area contributed by atoms with Crippen molar-refractivity contribution in [3.63, 3.8) is 0 Å². The summed E-state index contributed by atoms with van der Waals surface area (Å²) in [6, 6.07) is 6.03. The van der Waals surface area contributed by atoms with Crippen molar-refractivity contribution in [3.05, 3.63) is 69.4 Å². The highest BCUT2D eigenvalue weighted by Crippen LogP contribution is 2.20. The number of nitrogens with one attached hydrogen (secondary N) is 1. The molecule has 2 heterocycles. The Kier molecular flexibility index (Phi) is 4.94. The van der Waals surface area contributed by atoms with Gasteiger partial charge in [0.1, 0.15) is 29.8 Å². The lowest BCUT2D eigenvalue weighted by Crippen LogP contribution is -2.19. The number of nitro groups is 1. The van der Waals surface area contributed by atoms with Crippen molar-refractivity contribution in [2.75, 3.05) is 5.32 Å². The van der Waals surface area contributed by atoms with E-state index in [4.69, 9.17) is 11.6 Å². The largest absolute Gasteiger partial charge is 0.307 e. The van der Waals surface area contributed by atoms with Crippen LogP contribution in [0.1, 0.15) is 5.56 Å². The van der Waals surface area contributed by atoms with Crippen LogP contribution < -0.4 is 5.32 Å². The van der Waals surface area contributed by atoms with Gasteiger partial charge in [-0.3, -0.25) is 24.3 Å². The average Bonchev–Trinajstić information content (AvgIpc) is 3.15. The maximum absolute atomic E-state index is 13.2. The molecule has 0 fully saturated rings. The van der Waals surface area contributed by atoms with Gasteiger partial charge in [-0.2, -0.15) is 10.2 Å². The Morgan fingerprint density at radius 2 is 2.15 bits per heavy atom. The topological polar surface area (TPSA) is 108 Å². The molecular weight excluding hydrogens is 367 g/mol. The van der Waals surface area contributed by atoms with Crippen molar-refractivity contribution in [1.29, 1.82) is 0 Å². The zero-order valence-corrected chi connectivity index (χ0v) is 13.9. The average molecular weight is 379 g/mol. The van der Waals surface area contributed by atoms with E-state index in [1.807, 2.05) is 0 Å². The molecule has 0 spiro atoms. The summed E-state index contributed by atoms with van der Waals surface area (Å²) in [5, 5.41) is 21.2. The molecule has 1 amide bonds. The highest BCUT2D eigenvalue weighted by molar-refractivity contribution is 6.33. The lowest BCUT2D eigenvalue weighted by atomic mass is 10.2. The minimum absolute atomic E-state index is 0.134. The van der Waals surface area contributed by atoms with E-state index in [2.05, 4.69) is 15.5 Å². The molecule has 0 aliphatic carbocycles. The number of carbonyl (C=O) groups excluding carboxylic acids is 1. The van der Waals surface area contributed by atoms with Gasteiger partial charge in [0, 0.05) is 6.20 Å². The summed E-state index contributed by atoms with van der Waals surface area (Å²) in [6.45, 7) is 0.0413. The number of hydrogen-bond acceptors (Lipinski definition) is 5. The van der Waals surface area contributed by atoms with Gasteiger partial charge in [0.2, 0.25) is 5.91 Å². The summed E-state index contributed by atoms with van der Waals surface area (Å²) in [5.74, 6) is -0.724. The first-order valence-corrected chi connectivity index (χ1v) is 7.72. The number of benzene rings is 1. The van der Waals surface area contributed by atoms with Gasteiger partial charge in [0.15, 0.2) is 5.82 Å². The van der Waals surface area contributed by atoms with Crippen molar-refractivity contribution in [1.82, 2.24) is 19.6 Å². The lowest BCUT2D eigenvalue weighted by Gasteiger charge is -2.03. The smallest absolute Gasteiger partial charge is 0.306 e. The van der Waals surface area contributed by atoms with Crippen LogP contribution in [-0.2, 0) is 17.9 Å². The number of aromatic nitrogens is 4. The Hall–Kier alpha value is -3.27. The molecule has 134 valence electrons. The Balaban J connectivity index is 1.65. The van der Waals surface area contributed by atoms with E-state index in [1.165, 1.54) is 23.0 Å². The van der Waals surface area contributed by atoms with Crippen LogP contribution >= 0.6 is 11.6 Å². The fourth-order valence-corrected chi connectivity index (χ4v) is 2.43. The number of hydrogen-bond donors (Lipinski definition) is 1. The van der Waals surface area contributed by atoms with E-state index in [0.717, 1.165) is 17.1 Å². The lowest BCUT2D eigenvalue weighted by molar-refractivity contribution is -0.385. The van der Waals surface area contributed by atoms with Crippen molar-refractivity contribution in [2.24, 2.45) is 0 Å². The van der Waals surface area contributed by atoms with E-state index in [0.29, 0.717) is 5.56 Å². The van der Waals surface area contributed by atoms with Gasteiger partial charge in [-0.1, -0.05) is 23.7 Å². The number of carbonyl (C=O) groups is 1. The highest BCUT2D eigenvalue weighted by atomic mass is 35.5. The first kappa shape index (κ1) is 17.5. The van der Waals surface area contributed by atoms with Crippen molar-refractivity contribution in [3.8, 4) is 0 Å². The molecule has 0 unspecified atom stereocenters. The third-order valence-corrected chi connectivity index (χ3v) is 3.62. The second-order valence-corrected chi connectivity index (χ2v) is 5.76.